The van der Waals surface area contributed by atoms with Crippen LogP contribution in [0.25, 0.3) is 10.6 Å². The van der Waals surface area contributed by atoms with Crippen molar-refractivity contribution in [3.8, 4) is 10.6 Å². The van der Waals surface area contributed by atoms with E-state index in [9.17, 15) is 9.90 Å². The van der Waals surface area contributed by atoms with Crippen LogP contribution in [0.1, 0.15) is 10.5 Å². The first-order valence-electron chi connectivity index (χ1n) is 5.93. The first-order chi connectivity index (χ1) is 9.54. The molecule has 104 valence electrons. The monoisotopic (exact) mass is 328 g/mol. The molecule has 0 saturated carbocycles. The number of amides is 1. The molecule has 20 heavy (non-hydrogen) atoms. The van der Waals surface area contributed by atoms with Crippen molar-refractivity contribution in [1.82, 2.24) is 9.88 Å². The molecule has 0 radical (unpaired) electrons. The predicted octanol–water partition coefficient (Wildman–Crippen LogP) is 2.93. The van der Waals surface area contributed by atoms with Crippen molar-refractivity contribution in [2.45, 2.75) is 6.10 Å². The van der Waals surface area contributed by atoms with E-state index < -0.39 is 6.10 Å². The minimum absolute atomic E-state index is 0.164. The number of aliphatic hydroxyl groups is 1. The van der Waals surface area contributed by atoms with Crippen molar-refractivity contribution in [3.63, 3.8) is 0 Å². The highest BCUT2D eigenvalue weighted by Gasteiger charge is 2.30. The highest BCUT2D eigenvalue weighted by molar-refractivity contribution is 7.13. The van der Waals surface area contributed by atoms with Crippen LogP contribution in [0.3, 0.4) is 0 Å². The van der Waals surface area contributed by atoms with Crippen LogP contribution >= 0.6 is 34.5 Å². The van der Waals surface area contributed by atoms with Gasteiger partial charge in [-0.15, -0.1) is 11.3 Å². The Hall–Kier alpha value is -1.14. The van der Waals surface area contributed by atoms with E-state index in [1.165, 1.54) is 11.3 Å². The number of carbonyl (C=O) groups is 1. The van der Waals surface area contributed by atoms with Crippen molar-refractivity contribution >= 4 is 40.4 Å². The number of β-amino-alcohol motifs (C(OH)–C–C–N with tert-alkyl or cyclic N) is 1. The molecule has 0 atom stereocenters. The molecule has 1 fully saturated rings. The third-order valence-electron chi connectivity index (χ3n) is 3.03. The Morgan fingerprint density at radius 1 is 1.40 bits per heavy atom. The molecular formula is C13H10Cl2N2O2S. The highest BCUT2D eigenvalue weighted by atomic mass is 35.5. The summed E-state index contributed by atoms with van der Waals surface area (Å²) in [7, 11) is 0. The van der Waals surface area contributed by atoms with Gasteiger partial charge in [0.2, 0.25) is 0 Å². The maximum Gasteiger partial charge on any atom is 0.273 e. The average molecular weight is 329 g/mol. The molecule has 3 rings (SSSR count). The number of thiazole rings is 1. The Bertz CT molecular complexity index is 668. The number of halogens is 2. The molecule has 0 bridgehead atoms. The van der Waals surface area contributed by atoms with Crippen molar-refractivity contribution in [2.24, 2.45) is 0 Å². The van der Waals surface area contributed by atoms with E-state index in [1.807, 2.05) is 0 Å². The molecule has 1 aromatic heterocycles. The summed E-state index contributed by atoms with van der Waals surface area (Å²) in [6, 6.07) is 5.16. The zero-order valence-electron chi connectivity index (χ0n) is 10.2. The number of aromatic nitrogens is 1. The van der Waals surface area contributed by atoms with Crippen LogP contribution in [0, 0.1) is 0 Å². The second kappa shape index (κ2) is 5.33. The minimum Gasteiger partial charge on any atom is -0.389 e. The van der Waals surface area contributed by atoms with E-state index in [-0.39, 0.29) is 5.91 Å². The van der Waals surface area contributed by atoms with E-state index in [2.05, 4.69) is 4.98 Å². The van der Waals surface area contributed by atoms with Crippen molar-refractivity contribution in [1.29, 1.82) is 0 Å². The summed E-state index contributed by atoms with van der Waals surface area (Å²) in [5, 5.41) is 12.7. The summed E-state index contributed by atoms with van der Waals surface area (Å²) >= 11 is 13.3. The van der Waals surface area contributed by atoms with E-state index in [0.29, 0.717) is 33.8 Å². The lowest BCUT2D eigenvalue weighted by atomic mass is 10.1. The highest BCUT2D eigenvalue weighted by Crippen LogP contribution is 2.32. The topological polar surface area (TPSA) is 53.4 Å². The van der Waals surface area contributed by atoms with Crippen LogP contribution in [-0.2, 0) is 0 Å². The molecule has 4 nitrogen and oxygen atoms in total. The Kier molecular flexibility index (Phi) is 3.69. The van der Waals surface area contributed by atoms with Crippen LogP contribution in [0.2, 0.25) is 10.0 Å². The van der Waals surface area contributed by atoms with Crippen LogP contribution in [0.15, 0.2) is 23.6 Å². The fourth-order valence-electron chi connectivity index (χ4n) is 1.94. The van der Waals surface area contributed by atoms with Gasteiger partial charge in [-0.1, -0.05) is 23.2 Å². The molecule has 1 saturated heterocycles. The average Bonchev–Trinajstić information content (AvgIpc) is 2.83. The van der Waals surface area contributed by atoms with E-state index in [4.69, 9.17) is 23.2 Å². The fourth-order valence-corrected chi connectivity index (χ4v) is 3.33. The summed E-state index contributed by atoms with van der Waals surface area (Å²) in [6.07, 6.45) is -0.414. The Balaban J connectivity index is 1.84. The smallest absolute Gasteiger partial charge is 0.273 e. The van der Waals surface area contributed by atoms with Gasteiger partial charge in [-0.25, -0.2) is 4.98 Å². The molecule has 1 aliphatic rings. The number of likely N-dealkylation sites (tertiary alicyclic amines) is 1. The number of nitrogens with zero attached hydrogens (tertiary/aromatic N) is 2. The molecule has 1 aromatic carbocycles. The van der Waals surface area contributed by atoms with Crippen molar-refractivity contribution < 1.29 is 9.90 Å². The second-order valence-corrected chi connectivity index (χ2v) is 6.23. The van der Waals surface area contributed by atoms with Crippen LogP contribution in [0.5, 0.6) is 0 Å². The Labute approximate surface area is 129 Å². The van der Waals surface area contributed by atoms with Gasteiger partial charge in [0.05, 0.1) is 11.1 Å². The lowest BCUT2D eigenvalue weighted by Crippen LogP contribution is -2.53. The van der Waals surface area contributed by atoms with Crippen LogP contribution in [0.4, 0.5) is 0 Å². The Morgan fingerprint density at radius 3 is 2.80 bits per heavy atom. The van der Waals surface area contributed by atoms with Gasteiger partial charge in [-0.05, 0) is 18.2 Å². The number of hydrogen-bond acceptors (Lipinski definition) is 4. The number of benzene rings is 1. The van der Waals surface area contributed by atoms with Crippen molar-refractivity contribution in [3.05, 3.63) is 39.3 Å². The van der Waals surface area contributed by atoms with Gasteiger partial charge in [0.15, 0.2) is 0 Å². The minimum atomic E-state index is -0.414. The van der Waals surface area contributed by atoms with E-state index in [1.54, 1.807) is 28.5 Å². The summed E-state index contributed by atoms with van der Waals surface area (Å²) in [5.41, 5.74) is 1.13. The SMILES string of the molecule is O=C(c1csc(-c2ccc(Cl)cc2Cl)n1)N1CC(O)C1. The first-order valence-corrected chi connectivity index (χ1v) is 7.56. The van der Waals surface area contributed by atoms with Gasteiger partial charge in [-0.3, -0.25) is 4.79 Å². The molecule has 2 aromatic rings. The molecule has 2 heterocycles. The van der Waals surface area contributed by atoms with Crippen LogP contribution < -0.4 is 0 Å². The standard InChI is InChI=1S/C13H10Cl2N2O2S/c14-7-1-2-9(10(15)3-7)12-16-11(6-20-12)13(19)17-4-8(18)5-17/h1-3,6,8,18H,4-5H2. The lowest BCUT2D eigenvalue weighted by Gasteiger charge is -2.35. The molecule has 7 heteroatoms. The third kappa shape index (κ3) is 2.54. The molecule has 1 N–H and O–H groups in total. The fraction of sp³-hybridized carbons (Fsp3) is 0.231. The van der Waals surface area contributed by atoms with Gasteiger partial charge < -0.3 is 10.0 Å². The maximum atomic E-state index is 12.1. The van der Waals surface area contributed by atoms with Gasteiger partial charge in [0.25, 0.3) is 5.91 Å². The second-order valence-electron chi connectivity index (χ2n) is 4.53. The van der Waals surface area contributed by atoms with Crippen molar-refractivity contribution in [2.75, 3.05) is 13.1 Å². The van der Waals surface area contributed by atoms with Crippen LogP contribution in [-0.4, -0.2) is 40.1 Å². The molecule has 0 unspecified atom stereocenters. The molecular weight excluding hydrogens is 319 g/mol. The summed E-state index contributed by atoms with van der Waals surface area (Å²) < 4.78 is 0. The number of rotatable bonds is 2. The predicted molar refractivity (Wildman–Crippen MR) is 79.5 cm³/mol. The largest absolute Gasteiger partial charge is 0.389 e. The Morgan fingerprint density at radius 2 is 2.15 bits per heavy atom. The normalized spacial score (nSPS) is 15.2. The zero-order chi connectivity index (χ0) is 14.3. The summed E-state index contributed by atoms with van der Waals surface area (Å²) in [6.45, 7) is 0.737. The number of aliphatic hydroxyl groups excluding tert-OH is 1. The van der Waals surface area contributed by atoms with E-state index in [0.717, 1.165) is 5.56 Å². The zero-order valence-corrected chi connectivity index (χ0v) is 12.5. The molecule has 1 amide bonds. The molecule has 1 aliphatic heterocycles. The lowest BCUT2D eigenvalue weighted by molar-refractivity contribution is 0.00556. The van der Waals surface area contributed by atoms with Gasteiger partial charge in [-0.2, -0.15) is 0 Å². The van der Waals surface area contributed by atoms with Gasteiger partial charge in [0.1, 0.15) is 10.7 Å². The maximum absolute atomic E-state index is 12.1. The quantitative estimate of drug-likeness (QED) is 0.922. The third-order valence-corrected chi connectivity index (χ3v) is 4.46. The molecule has 0 aliphatic carbocycles. The first kappa shape index (κ1) is 13.8. The van der Waals surface area contributed by atoms with E-state index >= 15 is 0 Å². The summed E-state index contributed by atoms with van der Waals surface area (Å²) in [4.78, 5) is 17.9. The number of hydrogen-bond donors (Lipinski definition) is 1. The molecule has 0 spiro atoms. The van der Waals surface area contributed by atoms with Gasteiger partial charge in [0, 0.05) is 29.1 Å². The number of carbonyl (C=O) groups excluding carboxylic acids is 1. The van der Waals surface area contributed by atoms with Gasteiger partial charge >= 0.3 is 0 Å². The summed E-state index contributed by atoms with van der Waals surface area (Å²) in [5.74, 6) is -0.164.